The third-order valence-corrected chi connectivity index (χ3v) is 1.93. The van der Waals surface area contributed by atoms with Crippen LogP contribution in [0.4, 0.5) is 0 Å². The molecule has 0 aliphatic heterocycles. The molecule has 3 nitrogen and oxygen atoms in total. The zero-order valence-corrected chi connectivity index (χ0v) is 9.17. The molecule has 1 atom stereocenters. The second-order valence-corrected chi connectivity index (χ2v) is 3.89. The molecule has 0 saturated heterocycles. The van der Waals surface area contributed by atoms with Crippen molar-refractivity contribution in [2.24, 2.45) is 0 Å². The molecule has 0 amide bonds. The number of ether oxygens (including phenoxy) is 2. The van der Waals surface area contributed by atoms with Crippen LogP contribution in [0.1, 0.15) is 34.1 Å². The first-order valence-corrected chi connectivity index (χ1v) is 4.87. The summed E-state index contributed by atoms with van der Waals surface area (Å²) in [5.74, 6) is 0. The number of rotatable bonds is 7. The van der Waals surface area contributed by atoms with Gasteiger partial charge in [-0.15, -0.1) is 0 Å². The molecule has 0 rings (SSSR count). The van der Waals surface area contributed by atoms with Crippen molar-refractivity contribution in [2.45, 2.75) is 45.8 Å². The van der Waals surface area contributed by atoms with Crippen molar-refractivity contribution in [2.75, 3.05) is 19.8 Å². The molecule has 0 heterocycles. The SMILES string of the molecule is CCC(C)(C)OCCOCC(C)O. The van der Waals surface area contributed by atoms with Crippen LogP contribution in [0.15, 0.2) is 0 Å². The third kappa shape index (κ3) is 8.22. The molecule has 0 aliphatic carbocycles. The molecule has 13 heavy (non-hydrogen) atoms. The van der Waals surface area contributed by atoms with Gasteiger partial charge in [0.05, 0.1) is 31.5 Å². The third-order valence-electron chi connectivity index (χ3n) is 1.93. The predicted octanol–water partition coefficient (Wildman–Crippen LogP) is 1.59. The summed E-state index contributed by atoms with van der Waals surface area (Å²) in [7, 11) is 0. The van der Waals surface area contributed by atoms with E-state index in [0.29, 0.717) is 19.8 Å². The fraction of sp³-hybridized carbons (Fsp3) is 1.00. The minimum atomic E-state index is -0.390. The first-order chi connectivity index (χ1) is 5.98. The van der Waals surface area contributed by atoms with E-state index >= 15 is 0 Å². The summed E-state index contributed by atoms with van der Waals surface area (Å²) in [6, 6.07) is 0. The van der Waals surface area contributed by atoms with Gasteiger partial charge in [-0.25, -0.2) is 0 Å². The zero-order chi connectivity index (χ0) is 10.3. The lowest BCUT2D eigenvalue weighted by Crippen LogP contribution is -2.25. The monoisotopic (exact) mass is 190 g/mol. The van der Waals surface area contributed by atoms with Crippen LogP contribution in [0.25, 0.3) is 0 Å². The fourth-order valence-corrected chi connectivity index (χ4v) is 0.733. The highest BCUT2D eigenvalue weighted by molar-refractivity contribution is 4.64. The smallest absolute Gasteiger partial charge is 0.0745 e. The maximum absolute atomic E-state index is 8.89. The molecular formula is C10H22O3. The highest BCUT2D eigenvalue weighted by atomic mass is 16.5. The average molecular weight is 190 g/mol. The van der Waals surface area contributed by atoms with Gasteiger partial charge in [-0.05, 0) is 27.2 Å². The summed E-state index contributed by atoms with van der Waals surface area (Å²) in [6.45, 7) is 9.44. The quantitative estimate of drug-likeness (QED) is 0.620. The Balaban J connectivity index is 3.26. The molecule has 0 aliphatic rings. The van der Waals surface area contributed by atoms with Crippen molar-refractivity contribution in [3.8, 4) is 0 Å². The second-order valence-electron chi connectivity index (χ2n) is 3.89. The van der Waals surface area contributed by atoms with Crippen molar-refractivity contribution >= 4 is 0 Å². The Labute approximate surface area is 81.0 Å². The molecule has 0 fully saturated rings. The maximum Gasteiger partial charge on any atom is 0.0745 e. The maximum atomic E-state index is 8.89. The second kappa shape index (κ2) is 6.35. The number of hydrogen-bond acceptors (Lipinski definition) is 3. The Hall–Kier alpha value is -0.120. The van der Waals surface area contributed by atoms with Gasteiger partial charge in [-0.2, -0.15) is 0 Å². The van der Waals surface area contributed by atoms with Crippen molar-refractivity contribution in [1.29, 1.82) is 0 Å². The van der Waals surface area contributed by atoms with Crippen LogP contribution in [-0.2, 0) is 9.47 Å². The Morgan fingerprint density at radius 2 is 1.92 bits per heavy atom. The van der Waals surface area contributed by atoms with Crippen LogP contribution in [0.3, 0.4) is 0 Å². The van der Waals surface area contributed by atoms with E-state index in [4.69, 9.17) is 14.6 Å². The summed E-state index contributed by atoms with van der Waals surface area (Å²) in [5.41, 5.74) is -0.0613. The van der Waals surface area contributed by atoms with E-state index < -0.39 is 0 Å². The fourth-order valence-electron chi connectivity index (χ4n) is 0.733. The zero-order valence-electron chi connectivity index (χ0n) is 9.17. The van der Waals surface area contributed by atoms with Gasteiger partial charge in [-0.3, -0.25) is 0 Å². The largest absolute Gasteiger partial charge is 0.391 e. The number of hydrogen-bond donors (Lipinski definition) is 1. The van der Waals surface area contributed by atoms with Crippen LogP contribution in [-0.4, -0.2) is 36.6 Å². The molecule has 0 radical (unpaired) electrons. The van der Waals surface area contributed by atoms with E-state index in [-0.39, 0.29) is 11.7 Å². The molecular weight excluding hydrogens is 168 g/mol. The normalized spacial score (nSPS) is 14.5. The summed E-state index contributed by atoms with van der Waals surface area (Å²) in [6.07, 6.45) is 0.600. The lowest BCUT2D eigenvalue weighted by Gasteiger charge is -2.23. The van der Waals surface area contributed by atoms with Gasteiger partial charge >= 0.3 is 0 Å². The Morgan fingerprint density at radius 1 is 1.31 bits per heavy atom. The van der Waals surface area contributed by atoms with Gasteiger partial charge in [0.25, 0.3) is 0 Å². The topological polar surface area (TPSA) is 38.7 Å². The molecule has 3 heteroatoms. The van der Waals surface area contributed by atoms with E-state index in [1.165, 1.54) is 0 Å². The highest BCUT2D eigenvalue weighted by Crippen LogP contribution is 2.12. The van der Waals surface area contributed by atoms with Crippen LogP contribution in [0.2, 0.25) is 0 Å². The highest BCUT2D eigenvalue weighted by Gasteiger charge is 2.14. The van der Waals surface area contributed by atoms with Crippen LogP contribution in [0, 0.1) is 0 Å². The van der Waals surface area contributed by atoms with Crippen molar-refractivity contribution < 1.29 is 14.6 Å². The standard InChI is InChI=1S/C10H22O3/c1-5-10(3,4)13-7-6-12-8-9(2)11/h9,11H,5-8H2,1-4H3. The van der Waals surface area contributed by atoms with E-state index in [9.17, 15) is 0 Å². The van der Waals surface area contributed by atoms with Gasteiger partial charge < -0.3 is 14.6 Å². The van der Waals surface area contributed by atoms with E-state index in [1.807, 2.05) is 0 Å². The first-order valence-electron chi connectivity index (χ1n) is 4.87. The van der Waals surface area contributed by atoms with Crippen LogP contribution < -0.4 is 0 Å². The Kier molecular flexibility index (Phi) is 6.29. The molecule has 0 aromatic rings. The van der Waals surface area contributed by atoms with E-state index in [2.05, 4.69) is 20.8 Å². The van der Waals surface area contributed by atoms with Gasteiger partial charge in [0, 0.05) is 0 Å². The first kappa shape index (κ1) is 12.9. The summed E-state index contributed by atoms with van der Waals surface area (Å²) >= 11 is 0. The molecule has 0 bridgehead atoms. The molecule has 80 valence electrons. The molecule has 1 N–H and O–H groups in total. The molecule has 1 unspecified atom stereocenters. The van der Waals surface area contributed by atoms with Crippen LogP contribution in [0.5, 0.6) is 0 Å². The molecule has 0 aromatic carbocycles. The van der Waals surface area contributed by atoms with E-state index in [0.717, 1.165) is 6.42 Å². The van der Waals surface area contributed by atoms with Crippen molar-refractivity contribution in [3.05, 3.63) is 0 Å². The van der Waals surface area contributed by atoms with Crippen molar-refractivity contribution in [1.82, 2.24) is 0 Å². The minimum absolute atomic E-state index is 0.0613. The Bertz CT molecular complexity index is 121. The number of aliphatic hydroxyl groups is 1. The average Bonchev–Trinajstić information content (AvgIpc) is 2.03. The van der Waals surface area contributed by atoms with Gasteiger partial charge in [-0.1, -0.05) is 6.92 Å². The predicted molar refractivity (Wildman–Crippen MR) is 52.8 cm³/mol. The van der Waals surface area contributed by atoms with Gasteiger partial charge in [0.1, 0.15) is 0 Å². The molecule has 0 aromatic heterocycles. The van der Waals surface area contributed by atoms with Gasteiger partial charge in [0.15, 0.2) is 0 Å². The molecule has 0 saturated carbocycles. The van der Waals surface area contributed by atoms with Gasteiger partial charge in [0.2, 0.25) is 0 Å². The van der Waals surface area contributed by atoms with Crippen molar-refractivity contribution in [3.63, 3.8) is 0 Å². The number of aliphatic hydroxyl groups excluding tert-OH is 1. The Morgan fingerprint density at radius 3 is 2.38 bits per heavy atom. The summed E-state index contributed by atoms with van der Waals surface area (Å²) in [4.78, 5) is 0. The van der Waals surface area contributed by atoms with E-state index in [1.54, 1.807) is 6.92 Å². The lowest BCUT2D eigenvalue weighted by molar-refractivity contribution is -0.0561. The minimum Gasteiger partial charge on any atom is -0.391 e. The summed E-state index contributed by atoms with van der Waals surface area (Å²) < 4.78 is 10.7. The lowest BCUT2D eigenvalue weighted by atomic mass is 10.1. The molecule has 0 spiro atoms. The van der Waals surface area contributed by atoms with Crippen LogP contribution >= 0.6 is 0 Å². The summed E-state index contributed by atoms with van der Waals surface area (Å²) in [5, 5.41) is 8.89.